The SMILES string of the molecule is Cn1c(CBr)c(C(=O)c2ccccc2Br)c(=O)n(C)c1=O. The van der Waals surface area contributed by atoms with Gasteiger partial charge in [0, 0.05) is 35.2 Å². The van der Waals surface area contributed by atoms with E-state index < -0.39 is 17.0 Å². The van der Waals surface area contributed by atoms with Crippen molar-refractivity contribution in [2.24, 2.45) is 14.1 Å². The number of carbonyl (C=O) groups is 1. The van der Waals surface area contributed by atoms with Crippen LogP contribution in [0, 0.1) is 0 Å². The highest BCUT2D eigenvalue weighted by molar-refractivity contribution is 9.10. The summed E-state index contributed by atoms with van der Waals surface area (Å²) in [4.78, 5) is 37.0. The van der Waals surface area contributed by atoms with Gasteiger partial charge in [0.2, 0.25) is 5.78 Å². The van der Waals surface area contributed by atoms with Crippen molar-refractivity contribution in [3.8, 4) is 0 Å². The lowest BCUT2D eigenvalue weighted by molar-refractivity contribution is 0.103. The summed E-state index contributed by atoms with van der Waals surface area (Å²) in [6.45, 7) is 0. The zero-order chi connectivity index (χ0) is 15.7. The van der Waals surface area contributed by atoms with Gasteiger partial charge < -0.3 is 0 Å². The number of nitrogens with zero attached hydrogens (tertiary/aromatic N) is 2. The van der Waals surface area contributed by atoms with Gasteiger partial charge in [-0.25, -0.2) is 4.79 Å². The van der Waals surface area contributed by atoms with E-state index in [0.717, 1.165) is 4.57 Å². The zero-order valence-electron chi connectivity index (χ0n) is 11.4. The number of aromatic nitrogens is 2. The van der Waals surface area contributed by atoms with Gasteiger partial charge in [-0.15, -0.1) is 0 Å². The number of rotatable bonds is 3. The Hall–Kier alpha value is -1.47. The smallest absolute Gasteiger partial charge is 0.299 e. The normalized spacial score (nSPS) is 10.7. The van der Waals surface area contributed by atoms with Crippen molar-refractivity contribution >= 4 is 37.6 Å². The van der Waals surface area contributed by atoms with Crippen LogP contribution < -0.4 is 11.2 Å². The lowest BCUT2D eigenvalue weighted by atomic mass is 10.0. The minimum atomic E-state index is -0.590. The molecule has 0 atom stereocenters. The summed E-state index contributed by atoms with van der Waals surface area (Å²) >= 11 is 6.55. The molecule has 0 unspecified atom stereocenters. The lowest BCUT2D eigenvalue weighted by Gasteiger charge is -2.13. The molecule has 0 radical (unpaired) electrons. The van der Waals surface area contributed by atoms with Crippen LogP contribution in [-0.4, -0.2) is 14.9 Å². The third-order valence-electron chi connectivity index (χ3n) is 3.26. The number of ketones is 1. The molecule has 1 aromatic carbocycles. The van der Waals surface area contributed by atoms with Crippen LogP contribution in [0.2, 0.25) is 0 Å². The molecule has 0 bridgehead atoms. The Morgan fingerprint density at radius 2 is 1.76 bits per heavy atom. The fraction of sp³-hybridized carbons (Fsp3) is 0.214. The maximum absolute atomic E-state index is 12.7. The molecule has 1 aromatic heterocycles. The number of alkyl halides is 1. The van der Waals surface area contributed by atoms with Crippen molar-refractivity contribution in [3.63, 3.8) is 0 Å². The Morgan fingerprint density at radius 3 is 2.33 bits per heavy atom. The van der Waals surface area contributed by atoms with E-state index in [2.05, 4.69) is 31.9 Å². The summed E-state index contributed by atoms with van der Waals surface area (Å²) in [5.41, 5.74) is -0.297. The number of carbonyl (C=O) groups excluding carboxylic acids is 1. The molecule has 0 aliphatic carbocycles. The Balaban J connectivity index is 2.82. The van der Waals surface area contributed by atoms with Crippen LogP contribution in [0.5, 0.6) is 0 Å². The van der Waals surface area contributed by atoms with E-state index >= 15 is 0 Å². The second-order valence-electron chi connectivity index (χ2n) is 4.47. The van der Waals surface area contributed by atoms with Gasteiger partial charge in [0.15, 0.2) is 0 Å². The molecule has 0 saturated carbocycles. The molecule has 0 amide bonds. The van der Waals surface area contributed by atoms with Crippen LogP contribution in [-0.2, 0) is 19.4 Å². The van der Waals surface area contributed by atoms with Gasteiger partial charge >= 0.3 is 5.69 Å². The van der Waals surface area contributed by atoms with Crippen molar-refractivity contribution in [1.29, 1.82) is 0 Å². The van der Waals surface area contributed by atoms with Crippen LogP contribution in [0.15, 0.2) is 38.3 Å². The summed E-state index contributed by atoms with van der Waals surface area (Å²) in [5.74, 6) is -0.409. The topological polar surface area (TPSA) is 61.1 Å². The summed E-state index contributed by atoms with van der Waals surface area (Å²) < 4.78 is 2.85. The van der Waals surface area contributed by atoms with Crippen LogP contribution in [0.1, 0.15) is 21.6 Å². The van der Waals surface area contributed by atoms with E-state index in [1.54, 1.807) is 24.3 Å². The third kappa shape index (κ3) is 2.67. The van der Waals surface area contributed by atoms with Gasteiger partial charge in [-0.2, -0.15) is 0 Å². The van der Waals surface area contributed by atoms with Gasteiger partial charge in [0.05, 0.1) is 0 Å². The van der Waals surface area contributed by atoms with E-state index in [4.69, 9.17) is 0 Å². The lowest BCUT2D eigenvalue weighted by Crippen LogP contribution is -2.42. The van der Waals surface area contributed by atoms with E-state index in [1.165, 1.54) is 18.7 Å². The Morgan fingerprint density at radius 1 is 1.14 bits per heavy atom. The molecule has 1 heterocycles. The molecule has 0 spiro atoms. The van der Waals surface area contributed by atoms with Gasteiger partial charge in [0.1, 0.15) is 5.56 Å². The number of hydrogen-bond acceptors (Lipinski definition) is 3. The number of hydrogen-bond donors (Lipinski definition) is 0. The maximum atomic E-state index is 12.7. The fourth-order valence-corrected chi connectivity index (χ4v) is 3.17. The molecule has 7 heteroatoms. The molecule has 2 rings (SSSR count). The molecule has 21 heavy (non-hydrogen) atoms. The molecule has 0 fully saturated rings. The summed E-state index contributed by atoms with van der Waals surface area (Å²) in [6.07, 6.45) is 0. The van der Waals surface area contributed by atoms with Crippen LogP contribution >= 0.6 is 31.9 Å². The number of halogens is 2. The molecular formula is C14H12Br2N2O3. The van der Waals surface area contributed by atoms with E-state index in [-0.39, 0.29) is 10.9 Å². The number of benzene rings is 1. The van der Waals surface area contributed by atoms with E-state index in [0.29, 0.717) is 15.7 Å². The molecule has 2 aromatic rings. The summed E-state index contributed by atoms with van der Waals surface area (Å²) in [5, 5.41) is 0.236. The average molecular weight is 416 g/mol. The molecule has 0 aliphatic rings. The first-order chi connectivity index (χ1) is 9.90. The zero-order valence-corrected chi connectivity index (χ0v) is 14.6. The first-order valence-electron chi connectivity index (χ1n) is 6.04. The molecule has 0 saturated heterocycles. The monoisotopic (exact) mass is 414 g/mol. The minimum absolute atomic E-state index is 0.00313. The average Bonchev–Trinajstić information content (AvgIpc) is 2.48. The summed E-state index contributed by atoms with van der Waals surface area (Å²) in [7, 11) is 2.90. The third-order valence-corrected chi connectivity index (χ3v) is 4.48. The van der Waals surface area contributed by atoms with Gasteiger partial charge in [-0.1, -0.05) is 44.0 Å². The summed E-state index contributed by atoms with van der Waals surface area (Å²) in [6, 6.07) is 6.87. The van der Waals surface area contributed by atoms with Crippen molar-refractivity contribution < 1.29 is 4.79 Å². The first-order valence-corrected chi connectivity index (χ1v) is 7.95. The van der Waals surface area contributed by atoms with Gasteiger partial charge in [-0.05, 0) is 12.1 Å². The highest BCUT2D eigenvalue weighted by atomic mass is 79.9. The van der Waals surface area contributed by atoms with Crippen LogP contribution in [0.3, 0.4) is 0 Å². The van der Waals surface area contributed by atoms with Crippen molar-refractivity contribution in [1.82, 2.24) is 9.13 Å². The maximum Gasteiger partial charge on any atom is 0.330 e. The molecule has 0 N–H and O–H groups in total. The first kappa shape index (κ1) is 15.9. The highest BCUT2D eigenvalue weighted by Crippen LogP contribution is 2.20. The quantitative estimate of drug-likeness (QED) is 0.568. The molecule has 0 aliphatic heterocycles. The van der Waals surface area contributed by atoms with Crippen molar-refractivity contribution in [3.05, 3.63) is 66.4 Å². The van der Waals surface area contributed by atoms with Crippen molar-refractivity contribution in [2.45, 2.75) is 5.33 Å². The Labute approximate surface area is 137 Å². The minimum Gasteiger partial charge on any atom is -0.299 e. The van der Waals surface area contributed by atoms with Crippen LogP contribution in [0.4, 0.5) is 0 Å². The fourth-order valence-electron chi connectivity index (χ4n) is 2.05. The predicted molar refractivity (Wildman–Crippen MR) is 87.1 cm³/mol. The molecule has 110 valence electrons. The highest BCUT2D eigenvalue weighted by Gasteiger charge is 2.23. The second-order valence-corrected chi connectivity index (χ2v) is 5.89. The Kier molecular flexibility index (Phi) is 4.63. The standard InChI is InChI=1S/C14H12Br2N2O3/c1-17-10(7-15)11(13(20)18(2)14(17)21)12(19)8-5-3-4-6-9(8)16/h3-6H,7H2,1-2H3. The van der Waals surface area contributed by atoms with Gasteiger partial charge in [0.25, 0.3) is 5.56 Å². The Bertz CT molecular complexity index is 837. The van der Waals surface area contributed by atoms with E-state index in [1.807, 2.05) is 0 Å². The predicted octanol–water partition coefficient (Wildman–Crippen LogP) is 1.97. The van der Waals surface area contributed by atoms with Gasteiger partial charge in [-0.3, -0.25) is 18.7 Å². The van der Waals surface area contributed by atoms with Crippen LogP contribution in [0.25, 0.3) is 0 Å². The van der Waals surface area contributed by atoms with E-state index in [9.17, 15) is 14.4 Å². The molecular weight excluding hydrogens is 404 g/mol. The second kappa shape index (κ2) is 6.11. The van der Waals surface area contributed by atoms with Crippen molar-refractivity contribution in [2.75, 3.05) is 0 Å². The molecule has 5 nitrogen and oxygen atoms in total. The largest absolute Gasteiger partial charge is 0.330 e.